The van der Waals surface area contributed by atoms with Gasteiger partial charge in [0.1, 0.15) is 0 Å². The molecule has 0 aliphatic carbocycles. The summed E-state index contributed by atoms with van der Waals surface area (Å²) in [5, 5.41) is 29.6. The average Bonchev–Trinajstić information content (AvgIpc) is 2.01. The number of hydrogen-bond donors (Lipinski definition) is 7. The van der Waals surface area contributed by atoms with Gasteiger partial charge >= 0.3 is 31.7 Å². The van der Waals surface area contributed by atoms with E-state index >= 15 is 0 Å². The van der Waals surface area contributed by atoms with Crippen molar-refractivity contribution in [3.63, 3.8) is 0 Å². The molecular weight excluding hydrogens is 271 g/mol. The number of hydrogen-bond acceptors (Lipinski definition) is 5. The third-order valence-corrected chi connectivity index (χ3v) is 0.366. The Balaban J connectivity index is -0.000000174. The van der Waals surface area contributed by atoms with Crippen LogP contribution in [0.3, 0.4) is 0 Å². The molecule has 0 aromatic carbocycles. The molecule has 0 rings (SSSR count). The van der Waals surface area contributed by atoms with Crippen molar-refractivity contribution in [1.29, 1.82) is 0 Å². The normalized spacial score (nSPS) is 8.65. The lowest BCUT2D eigenvalue weighted by Crippen LogP contribution is -2.09. The van der Waals surface area contributed by atoms with E-state index in [9.17, 15) is 0 Å². The number of carboxylic acid groups (broad SMARTS) is 4. The SMILES string of the molecule is O=C(O)C(=O)O.O=C(O)C(=O)O.O=P(O)(O)O. The van der Waals surface area contributed by atoms with E-state index in [1.807, 2.05) is 0 Å². The first-order chi connectivity index (χ1) is 7.29. The van der Waals surface area contributed by atoms with Gasteiger partial charge < -0.3 is 35.1 Å². The van der Waals surface area contributed by atoms with Gasteiger partial charge in [0.2, 0.25) is 0 Å². The lowest BCUT2D eigenvalue weighted by molar-refractivity contribution is -0.159. The van der Waals surface area contributed by atoms with Gasteiger partial charge in [0.05, 0.1) is 0 Å². The molecule has 12 nitrogen and oxygen atoms in total. The van der Waals surface area contributed by atoms with Crippen LogP contribution >= 0.6 is 7.82 Å². The highest BCUT2D eigenvalue weighted by atomic mass is 31.2. The zero-order chi connectivity index (χ0) is 14.8. The fourth-order valence-electron chi connectivity index (χ4n) is 0. The van der Waals surface area contributed by atoms with Crippen LogP contribution < -0.4 is 0 Å². The van der Waals surface area contributed by atoms with Gasteiger partial charge in [-0.2, -0.15) is 0 Å². The summed E-state index contributed by atoms with van der Waals surface area (Å²) in [5.41, 5.74) is 0. The summed E-state index contributed by atoms with van der Waals surface area (Å²) >= 11 is 0. The summed E-state index contributed by atoms with van der Waals surface area (Å²) in [6.45, 7) is 0. The number of carbonyl (C=O) groups is 4. The predicted octanol–water partition coefficient (Wildman–Crippen LogP) is -2.62. The molecule has 0 atom stereocenters. The molecule has 0 saturated carbocycles. The van der Waals surface area contributed by atoms with Crippen molar-refractivity contribution in [1.82, 2.24) is 0 Å². The van der Waals surface area contributed by atoms with Crippen molar-refractivity contribution in [3.05, 3.63) is 0 Å². The Morgan fingerprint density at radius 1 is 0.588 bits per heavy atom. The molecule has 0 aromatic heterocycles. The molecule has 7 N–H and O–H groups in total. The van der Waals surface area contributed by atoms with Gasteiger partial charge in [-0.3, -0.25) is 0 Å². The van der Waals surface area contributed by atoms with E-state index in [2.05, 4.69) is 0 Å². The van der Waals surface area contributed by atoms with E-state index in [1.165, 1.54) is 0 Å². The first kappa shape index (κ1) is 20.4. The molecule has 0 aromatic rings. The maximum absolute atomic E-state index is 9.10. The van der Waals surface area contributed by atoms with Crippen LogP contribution in [0.25, 0.3) is 0 Å². The van der Waals surface area contributed by atoms with E-state index in [4.69, 9.17) is 58.8 Å². The molecule has 0 amide bonds. The Kier molecular flexibility index (Phi) is 11.1. The van der Waals surface area contributed by atoms with Crippen molar-refractivity contribution in [2.24, 2.45) is 0 Å². The summed E-state index contributed by atoms with van der Waals surface area (Å²) in [5.74, 6) is -7.30. The Morgan fingerprint density at radius 3 is 0.647 bits per heavy atom. The van der Waals surface area contributed by atoms with Gasteiger partial charge in [-0.05, 0) is 0 Å². The highest BCUT2D eigenvalue weighted by Crippen LogP contribution is 2.25. The van der Waals surface area contributed by atoms with Crippen LogP contribution in [0.15, 0.2) is 0 Å². The van der Waals surface area contributed by atoms with Crippen LogP contribution in [-0.2, 0) is 23.7 Å². The molecule has 0 bridgehead atoms. The van der Waals surface area contributed by atoms with Gasteiger partial charge in [-0.1, -0.05) is 0 Å². The zero-order valence-electron chi connectivity index (χ0n) is 7.62. The highest BCUT2D eigenvalue weighted by molar-refractivity contribution is 7.45. The second-order valence-corrected chi connectivity index (χ2v) is 2.76. The molecule has 13 heteroatoms. The van der Waals surface area contributed by atoms with E-state index in [0.29, 0.717) is 0 Å². The van der Waals surface area contributed by atoms with Gasteiger partial charge in [0, 0.05) is 0 Å². The first-order valence-corrected chi connectivity index (χ1v) is 4.56. The molecular formula is C4H7O12P. The van der Waals surface area contributed by atoms with Crippen LogP contribution in [0, 0.1) is 0 Å². The quantitative estimate of drug-likeness (QED) is 0.178. The van der Waals surface area contributed by atoms with E-state index < -0.39 is 31.7 Å². The number of phosphoric acid groups is 1. The van der Waals surface area contributed by atoms with Gasteiger partial charge in [-0.25, -0.2) is 23.7 Å². The van der Waals surface area contributed by atoms with Crippen molar-refractivity contribution >= 4 is 31.7 Å². The lowest BCUT2D eigenvalue weighted by Gasteiger charge is -1.82. The molecule has 0 saturated heterocycles. The topological polar surface area (TPSA) is 227 Å². The molecule has 0 spiro atoms. The largest absolute Gasteiger partial charge is 0.473 e. The summed E-state index contributed by atoms with van der Waals surface area (Å²) < 4.78 is 8.88. The molecule has 0 fully saturated rings. The average molecular weight is 278 g/mol. The third-order valence-electron chi connectivity index (χ3n) is 0.366. The third kappa shape index (κ3) is 56.1. The minimum absolute atomic E-state index is 1.82. The molecule has 100 valence electrons. The summed E-state index contributed by atoms with van der Waals surface area (Å²) in [7, 11) is -4.64. The van der Waals surface area contributed by atoms with Crippen molar-refractivity contribution in [2.45, 2.75) is 0 Å². The smallest absolute Gasteiger partial charge is 0.466 e. The molecule has 17 heavy (non-hydrogen) atoms. The fraction of sp³-hybridized carbons (Fsp3) is 0. The molecule has 0 radical (unpaired) electrons. The number of aliphatic carboxylic acids is 4. The van der Waals surface area contributed by atoms with Crippen molar-refractivity contribution in [3.8, 4) is 0 Å². The zero-order valence-corrected chi connectivity index (χ0v) is 8.51. The Bertz CT molecular complexity index is 280. The van der Waals surface area contributed by atoms with Crippen LogP contribution in [0.1, 0.15) is 0 Å². The Morgan fingerprint density at radius 2 is 0.647 bits per heavy atom. The number of rotatable bonds is 0. The summed E-state index contributed by atoms with van der Waals surface area (Å²) in [4.78, 5) is 58.0. The second-order valence-electron chi connectivity index (χ2n) is 1.73. The van der Waals surface area contributed by atoms with E-state index in [0.717, 1.165) is 0 Å². The van der Waals surface area contributed by atoms with Gasteiger partial charge in [0.25, 0.3) is 0 Å². The molecule has 0 aliphatic rings. The Hall–Kier alpha value is -2.01. The van der Waals surface area contributed by atoms with Gasteiger partial charge in [0.15, 0.2) is 0 Å². The van der Waals surface area contributed by atoms with Gasteiger partial charge in [-0.15, -0.1) is 0 Å². The second kappa shape index (κ2) is 9.23. The maximum Gasteiger partial charge on any atom is 0.466 e. The lowest BCUT2D eigenvalue weighted by atomic mass is 10.7. The highest BCUT2D eigenvalue weighted by Gasteiger charge is 2.04. The van der Waals surface area contributed by atoms with Crippen molar-refractivity contribution < 1.29 is 58.8 Å². The monoisotopic (exact) mass is 278 g/mol. The Labute approximate surface area is 91.6 Å². The predicted molar refractivity (Wildman–Crippen MR) is 44.8 cm³/mol. The summed E-state index contributed by atoms with van der Waals surface area (Å²) in [6, 6.07) is 0. The maximum atomic E-state index is 9.10. The molecule has 0 heterocycles. The first-order valence-electron chi connectivity index (χ1n) is 2.99. The summed E-state index contributed by atoms with van der Waals surface area (Å²) in [6.07, 6.45) is 0. The van der Waals surface area contributed by atoms with Crippen LogP contribution in [0.2, 0.25) is 0 Å². The van der Waals surface area contributed by atoms with Crippen LogP contribution in [-0.4, -0.2) is 59.0 Å². The molecule has 0 unspecified atom stereocenters. The van der Waals surface area contributed by atoms with E-state index in [-0.39, 0.29) is 0 Å². The standard InChI is InChI=1S/2C2H2O4.H3O4P/c2*3-1(4)2(5)6;1-5(2,3)4/h2*(H,3,4)(H,5,6);(H3,1,2,3,4). The van der Waals surface area contributed by atoms with Crippen LogP contribution in [0.5, 0.6) is 0 Å². The minimum Gasteiger partial charge on any atom is -0.473 e. The van der Waals surface area contributed by atoms with Crippen molar-refractivity contribution in [2.75, 3.05) is 0 Å². The van der Waals surface area contributed by atoms with E-state index in [1.54, 1.807) is 0 Å². The molecule has 0 aliphatic heterocycles. The number of carboxylic acids is 4. The minimum atomic E-state index is -4.64. The van der Waals surface area contributed by atoms with Crippen LogP contribution in [0.4, 0.5) is 0 Å². The fourth-order valence-corrected chi connectivity index (χ4v) is 0.